The molecule has 1 aliphatic heterocycles. The van der Waals surface area contributed by atoms with Crippen LogP contribution < -0.4 is 4.74 Å². The van der Waals surface area contributed by atoms with Crippen LogP contribution in [-0.2, 0) is 4.79 Å². The van der Waals surface area contributed by atoms with Gasteiger partial charge in [0, 0.05) is 32.7 Å². The minimum atomic E-state index is -4.62. The summed E-state index contributed by atoms with van der Waals surface area (Å²) in [5.74, 6) is 0.437. The molecule has 1 saturated heterocycles. The van der Waals surface area contributed by atoms with Gasteiger partial charge in [0.05, 0.1) is 0 Å². The van der Waals surface area contributed by atoms with Crippen molar-refractivity contribution in [2.75, 3.05) is 39.3 Å². The molecule has 0 unspecified atom stereocenters. The minimum Gasteiger partial charge on any atom is -0.484 e. The van der Waals surface area contributed by atoms with Crippen LogP contribution in [0.1, 0.15) is 5.56 Å². The molecule has 1 fully saturated rings. The zero-order chi connectivity index (χ0) is 17.7. The quantitative estimate of drug-likeness (QED) is 0.877. The van der Waals surface area contributed by atoms with E-state index in [2.05, 4.69) is 0 Å². The maximum atomic E-state index is 12.3. The van der Waals surface area contributed by atoms with Crippen LogP contribution in [0.4, 0.5) is 13.2 Å². The number of halogens is 3. The van der Waals surface area contributed by atoms with Gasteiger partial charge < -0.3 is 14.7 Å². The topological polar surface area (TPSA) is 53.0 Å². The minimum absolute atomic E-state index is 0.101. The highest BCUT2D eigenvalue weighted by Crippen LogP contribution is 2.21. The van der Waals surface area contributed by atoms with E-state index in [1.165, 1.54) is 4.90 Å². The zero-order valence-corrected chi connectivity index (χ0v) is 13.4. The fourth-order valence-corrected chi connectivity index (χ4v) is 2.48. The number of aliphatic hydroxyl groups is 1. The molecule has 8 heteroatoms. The summed E-state index contributed by atoms with van der Waals surface area (Å²) in [7, 11) is 0. The molecule has 0 bridgehead atoms. The Morgan fingerprint density at radius 2 is 1.88 bits per heavy atom. The van der Waals surface area contributed by atoms with Crippen molar-refractivity contribution in [3.8, 4) is 5.75 Å². The van der Waals surface area contributed by atoms with Crippen molar-refractivity contribution >= 4 is 5.91 Å². The Labute approximate surface area is 138 Å². The second kappa shape index (κ2) is 7.85. The maximum Gasteiger partial charge on any atom is 0.415 e. The number of piperazine rings is 1. The number of para-hydroxylation sites is 1. The summed E-state index contributed by atoms with van der Waals surface area (Å²) < 4.78 is 42.5. The summed E-state index contributed by atoms with van der Waals surface area (Å²) in [5.41, 5.74) is 0.927. The molecule has 1 aliphatic rings. The molecule has 1 heterocycles. The van der Waals surface area contributed by atoms with E-state index in [1.807, 2.05) is 25.1 Å². The summed E-state index contributed by atoms with van der Waals surface area (Å²) in [6.45, 7) is 2.54. The van der Waals surface area contributed by atoms with E-state index < -0.39 is 18.8 Å². The second-order valence-electron chi connectivity index (χ2n) is 5.79. The third-order valence-electron chi connectivity index (χ3n) is 3.98. The van der Waals surface area contributed by atoms with Crippen molar-refractivity contribution in [2.24, 2.45) is 0 Å². The largest absolute Gasteiger partial charge is 0.484 e. The third-order valence-corrected chi connectivity index (χ3v) is 3.98. The molecule has 24 heavy (non-hydrogen) atoms. The normalized spacial score (nSPS) is 17.6. The van der Waals surface area contributed by atoms with E-state index >= 15 is 0 Å². The average Bonchev–Trinajstić information content (AvgIpc) is 2.53. The van der Waals surface area contributed by atoms with E-state index in [4.69, 9.17) is 9.84 Å². The monoisotopic (exact) mass is 346 g/mol. The fourth-order valence-electron chi connectivity index (χ4n) is 2.48. The number of amides is 1. The SMILES string of the molecule is Cc1ccccc1OCC(=O)N1CCN(C[C@@H](O)C(F)(F)F)CC1. The molecule has 134 valence electrons. The van der Waals surface area contributed by atoms with Gasteiger partial charge in [-0.15, -0.1) is 0 Å². The van der Waals surface area contributed by atoms with Crippen LogP contribution >= 0.6 is 0 Å². The molecule has 0 aromatic heterocycles. The zero-order valence-electron chi connectivity index (χ0n) is 13.4. The van der Waals surface area contributed by atoms with Gasteiger partial charge in [-0.25, -0.2) is 0 Å². The molecule has 1 aromatic rings. The highest BCUT2D eigenvalue weighted by molar-refractivity contribution is 5.78. The van der Waals surface area contributed by atoms with Crippen molar-refractivity contribution in [3.05, 3.63) is 29.8 Å². The molecule has 0 radical (unpaired) electrons. The number of aliphatic hydroxyl groups excluding tert-OH is 1. The number of nitrogens with zero attached hydrogens (tertiary/aromatic N) is 2. The average molecular weight is 346 g/mol. The number of carbonyl (C=O) groups is 1. The molecule has 1 N–H and O–H groups in total. The molecule has 1 aromatic carbocycles. The Morgan fingerprint density at radius 3 is 2.46 bits per heavy atom. The van der Waals surface area contributed by atoms with Crippen LogP contribution in [0, 0.1) is 6.92 Å². The number of hydrogen-bond acceptors (Lipinski definition) is 4. The van der Waals surface area contributed by atoms with Crippen LogP contribution in [-0.4, -0.2) is 72.4 Å². The highest BCUT2D eigenvalue weighted by Gasteiger charge is 2.39. The van der Waals surface area contributed by atoms with Gasteiger partial charge in [-0.1, -0.05) is 18.2 Å². The molecule has 2 rings (SSSR count). The van der Waals surface area contributed by atoms with Crippen molar-refractivity contribution in [2.45, 2.75) is 19.2 Å². The first-order valence-corrected chi connectivity index (χ1v) is 7.70. The van der Waals surface area contributed by atoms with Gasteiger partial charge in [-0.3, -0.25) is 9.69 Å². The lowest BCUT2D eigenvalue weighted by Crippen LogP contribution is -2.52. The van der Waals surface area contributed by atoms with Gasteiger partial charge in [0.2, 0.25) is 0 Å². The summed E-state index contributed by atoms with van der Waals surface area (Å²) in [6.07, 6.45) is -6.97. The van der Waals surface area contributed by atoms with E-state index in [-0.39, 0.29) is 12.5 Å². The molecule has 5 nitrogen and oxygen atoms in total. The Bertz CT molecular complexity index is 558. The number of hydrogen-bond donors (Lipinski definition) is 1. The lowest BCUT2D eigenvalue weighted by molar-refractivity contribution is -0.209. The van der Waals surface area contributed by atoms with Crippen LogP contribution in [0.5, 0.6) is 5.75 Å². The smallest absolute Gasteiger partial charge is 0.415 e. The van der Waals surface area contributed by atoms with E-state index in [1.54, 1.807) is 11.0 Å². The molecule has 1 amide bonds. The van der Waals surface area contributed by atoms with Crippen LogP contribution in [0.25, 0.3) is 0 Å². The first kappa shape index (κ1) is 18.5. The van der Waals surface area contributed by atoms with Crippen molar-refractivity contribution in [1.29, 1.82) is 0 Å². The summed E-state index contributed by atoms with van der Waals surface area (Å²) in [4.78, 5) is 15.2. The Kier molecular flexibility index (Phi) is 6.06. The number of benzene rings is 1. The first-order valence-electron chi connectivity index (χ1n) is 7.70. The Balaban J connectivity index is 1.76. The number of rotatable bonds is 5. The van der Waals surface area contributed by atoms with Crippen LogP contribution in [0.3, 0.4) is 0 Å². The number of β-amino-alcohol motifs (C(OH)–C–C–N with tert-alkyl or cyclic N) is 1. The molecule has 0 aliphatic carbocycles. The molecule has 0 saturated carbocycles. The van der Waals surface area contributed by atoms with Gasteiger partial charge in [0.25, 0.3) is 5.91 Å². The van der Waals surface area contributed by atoms with Crippen molar-refractivity contribution < 1.29 is 27.8 Å². The van der Waals surface area contributed by atoms with E-state index in [0.29, 0.717) is 31.9 Å². The van der Waals surface area contributed by atoms with Gasteiger partial charge in [0.15, 0.2) is 12.7 Å². The predicted octanol–water partition coefficient (Wildman–Crippen LogP) is 1.44. The fraction of sp³-hybridized carbons (Fsp3) is 0.562. The highest BCUT2D eigenvalue weighted by atomic mass is 19.4. The van der Waals surface area contributed by atoms with Crippen LogP contribution in [0.2, 0.25) is 0 Å². The molecular formula is C16H21F3N2O3. The number of carbonyl (C=O) groups excluding carboxylic acids is 1. The molecule has 0 spiro atoms. The van der Waals surface area contributed by atoms with Crippen LogP contribution in [0.15, 0.2) is 24.3 Å². The predicted molar refractivity (Wildman–Crippen MR) is 81.8 cm³/mol. The molecule has 1 atom stereocenters. The van der Waals surface area contributed by atoms with Crippen molar-refractivity contribution in [3.63, 3.8) is 0 Å². The Morgan fingerprint density at radius 1 is 1.25 bits per heavy atom. The lowest BCUT2D eigenvalue weighted by Gasteiger charge is -2.35. The number of ether oxygens (including phenoxy) is 1. The van der Waals surface area contributed by atoms with Gasteiger partial charge in [0.1, 0.15) is 5.75 Å². The summed E-state index contributed by atoms with van der Waals surface area (Å²) in [6, 6.07) is 7.35. The third kappa shape index (κ3) is 5.10. The van der Waals surface area contributed by atoms with Gasteiger partial charge >= 0.3 is 6.18 Å². The van der Waals surface area contributed by atoms with E-state index in [0.717, 1.165) is 5.56 Å². The second-order valence-corrected chi connectivity index (χ2v) is 5.79. The maximum absolute atomic E-state index is 12.3. The van der Waals surface area contributed by atoms with E-state index in [9.17, 15) is 18.0 Å². The summed E-state index contributed by atoms with van der Waals surface area (Å²) in [5, 5.41) is 9.08. The van der Waals surface area contributed by atoms with Crippen molar-refractivity contribution in [1.82, 2.24) is 9.80 Å². The Hall–Kier alpha value is -1.80. The number of aryl methyl sites for hydroxylation is 1. The van der Waals surface area contributed by atoms with Gasteiger partial charge in [-0.05, 0) is 18.6 Å². The first-order chi connectivity index (χ1) is 11.3. The van der Waals surface area contributed by atoms with Gasteiger partial charge in [-0.2, -0.15) is 13.2 Å². The summed E-state index contributed by atoms with van der Waals surface area (Å²) >= 11 is 0. The molecular weight excluding hydrogens is 325 g/mol. The standard InChI is InChI=1S/C16H21F3N2O3/c1-12-4-2-3-5-13(12)24-11-15(23)21-8-6-20(7-9-21)10-14(22)16(17,18)19/h2-5,14,22H,6-11H2,1H3/t14-/m1/s1. The lowest BCUT2D eigenvalue weighted by atomic mass is 10.2. The number of alkyl halides is 3.